The highest BCUT2D eigenvalue weighted by Crippen LogP contribution is 2.32. The number of hydrogen-bond donors (Lipinski definition) is 1. The molecule has 126 valence electrons. The second-order valence-corrected chi connectivity index (χ2v) is 5.55. The molecule has 2 aromatic rings. The van der Waals surface area contributed by atoms with E-state index in [0.29, 0.717) is 18.8 Å². The van der Waals surface area contributed by atoms with Gasteiger partial charge >= 0.3 is 6.03 Å². The number of methoxy groups -OCH3 is 1. The fourth-order valence-electron chi connectivity index (χ4n) is 2.48. The summed E-state index contributed by atoms with van der Waals surface area (Å²) in [5, 5.41) is 2.90. The minimum atomic E-state index is -0.143. The predicted molar refractivity (Wildman–Crippen MR) is 89.3 cm³/mol. The molecule has 2 aromatic carbocycles. The van der Waals surface area contributed by atoms with Gasteiger partial charge in [-0.25, -0.2) is 4.79 Å². The van der Waals surface area contributed by atoms with Gasteiger partial charge in [0.05, 0.1) is 7.11 Å². The van der Waals surface area contributed by atoms with Crippen LogP contribution in [-0.4, -0.2) is 31.9 Å². The Morgan fingerprint density at radius 1 is 1.17 bits per heavy atom. The van der Waals surface area contributed by atoms with E-state index in [0.717, 1.165) is 22.6 Å². The van der Waals surface area contributed by atoms with E-state index in [1.165, 1.54) is 0 Å². The molecular formula is C18H20N2O4. The van der Waals surface area contributed by atoms with E-state index in [1.807, 2.05) is 42.5 Å². The normalized spacial score (nSPS) is 11.9. The van der Waals surface area contributed by atoms with Gasteiger partial charge in [-0.3, -0.25) is 0 Å². The molecule has 0 radical (unpaired) electrons. The average Bonchev–Trinajstić information content (AvgIpc) is 3.07. The van der Waals surface area contributed by atoms with E-state index in [2.05, 4.69) is 5.32 Å². The third-order valence-corrected chi connectivity index (χ3v) is 3.78. The molecule has 6 heteroatoms. The molecule has 0 aliphatic carbocycles. The average molecular weight is 328 g/mol. The summed E-state index contributed by atoms with van der Waals surface area (Å²) in [5.41, 5.74) is 1.97. The molecule has 6 nitrogen and oxygen atoms in total. The van der Waals surface area contributed by atoms with Crippen molar-refractivity contribution in [3.8, 4) is 17.2 Å². The molecule has 0 fully saturated rings. The fourth-order valence-corrected chi connectivity index (χ4v) is 2.48. The molecule has 0 saturated carbocycles. The SMILES string of the molecule is COc1cccc(CN(C)C(=O)NCc2ccc3c(c2)OCO3)c1. The molecule has 0 spiro atoms. The van der Waals surface area contributed by atoms with Gasteiger partial charge in [0.25, 0.3) is 0 Å². The van der Waals surface area contributed by atoms with Crippen molar-refractivity contribution in [3.05, 3.63) is 53.6 Å². The van der Waals surface area contributed by atoms with Crippen LogP contribution < -0.4 is 19.5 Å². The molecule has 1 heterocycles. The zero-order valence-electron chi connectivity index (χ0n) is 13.7. The van der Waals surface area contributed by atoms with E-state index in [4.69, 9.17) is 14.2 Å². The van der Waals surface area contributed by atoms with Crippen molar-refractivity contribution in [3.63, 3.8) is 0 Å². The Bertz CT molecular complexity index is 733. The number of carbonyl (C=O) groups excluding carboxylic acids is 1. The van der Waals surface area contributed by atoms with Gasteiger partial charge in [0.2, 0.25) is 6.79 Å². The van der Waals surface area contributed by atoms with Crippen molar-refractivity contribution in [2.75, 3.05) is 21.0 Å². The zero-order chi connectivity index (χ0) is 16.9. The lowest BCUT2D eigenvalue weighted by atomic mass is 10.2. The molecule has 0 unspecified atom stereocenters. The summed E-state index contributed by atoms with van der Waals surface area (Å²) >= 11 is 0. The van der Waals surface area contributed by atoms with Crippen LogP contribution in [0.4, 0.5) is 4.79 Å². The van der Waals surface area contributed by atoms with Gasteiger partial charge in [-0.05, 0) is 35.4 Å². The Labute approximate surface area is 140 Å². The van der Waals surface area contributed by atoms with Gasteiger partial charge in [0.15, 0.2) is 11.5 Å². The summed E-state index contributed by atoms with van der Waals surface area (Å²) in [5.74, 6) is 2.23. The fraction of sp³-hybridized carbons (Fsp3) is 0.278. The predicted octanol–water partition coefficient (Wildman–Crippen LogP) is 2.77. The summed E-state index contributed by atoms with van der Waals surface area (Å²) < 4.78 is 15.8. The maximum absolute atomic E-state index is 12.2. The third-order valence-electron chi connectivity index (χ3n) is 3.78. The van der Waals surface area contributed by atoms with Crippen LogP contribution in [0.2, 0.25) is 0 Å². The smallest absolute Gasteiger partial charge is 0.317 e. The number of urea groups is 1. The Morgan fingerprint density at radius 3 is 2.83 bits per heavy atom. The number of rotatable bonds is 5. The summed E-state index contributed by atoms with van der Waals surface area (Å²) in [4.78, 5) is 13.9. The number of hydrogen-bond acceptors (Lipinski definition) is 4. The van der Waals surface area contributed by atoms with Gasteiger partial charge < -0.3 is 24.4 Å². The van der Waals surface area contributed by atoms with Crippen molar-refractivity contribution in [2.45, 2.75) is 13.1 Å². The number of nitrogens with zero attached hydrogens (tertiary/aromatic N) is 1. The molecule has 3 rings (SSSR count). The topological polar surface area (TPSA) is 60.0 Å². The summed E-state index contributed by atoms with van der Waals surface area (Å²) in [6.07, 6.45) is 0. The molecule has 1 aliphatic rings. The van der Waals surface area contributed by atoms with E-state index in [-0.39, 0.29) is 12.8 Å². The third kappa shape index (κ3) is 3.71. The second-order valence-electron chi connectivity index (χ2n) is 5.55. The number of carbonyl (C=O) groups is 1. The van der Waals surface area contributed by atoms with Gasteiger partial charge in [0, 0.05) is 20.1 Å². The van der Waals surface area contributed by atoms with Gasteiger partial charge in [-0.15, -0.1) is 0 Å². The van der Waals surface area contributed by atoms with Crippen LogP contribution >= 0.6 is 0 Å². The number of ether oxygens (including phenoxy) is 3. The second kappa shape index (κ2) is 7.12. The summed E-state index contributed by atoms with van der Waals surface area (Å²) in [6.45, 7) is 1.18. The Morgan fingerprint density at radius 2 is 2.00 bits per heavy atom. The van der Waals surface area contributed by atoms with Crippen LogP contribution in [0.25, 0.3) is 0 Å². The lowest BCUT2D eigenvalue weighted by molar-refractivity contribution is 0.174. The highest BCUT2D eigenvalue weighted by molar-refractivity contribution is 5.73. The Balaban J connectivity index is 1.54. The minimum Gasteiger partial charge on any atom is -0.497 e. The van der Waals surface area contributed by atoms with Crippen LogP contribution in [0, 0.1) is 0 Å². The summed E-state index contributed by atoms with van der Waals surface area (Å²) in [6, 6.07) is 13.2. The maximum atomic E-state index is 12.2. The molecule has 1 N–H and O–H groups in total. The van der Waals surface area contributed by atoms with Crippen LogP contribution in [0.5, 0.6) is 17.2 Å². The van der Waals surface area contributed by atoms with Crippen molar-refractivity contribution in [2.24, 2.45) is 0 Å². The molecule has 1 aliphatic heterocycles. The van der Waals surface area contributed by atoms with Crippen molar-refractivity contribution in [1.29, 1.82) is 0 Å². The number of nitrogens with one attached hydrogen (secondary N) is 1. The monoisotopic (exact) mass is 328 g/mol. The van der Waals surface area contributed by atoms with Crippen LogP contribution in [0.1, 0.15) is 11.1 Å². The maximum Gasteiger partial charge on any atom is 0.317 e. The first-order valence-corrected chi connectivity index (χ1v) is 7.66. The van der Waals surface area contributed by atoms with E-state index in [1.54, 1.807) is 19.1 Å². The first-order valence-electron chi connectivity index (χ1n) is 7.66. The lowest BCUT2D eigenvalue weighted by Gasteiger charge is -2.18. The number of benzene rings is 2. The minimum absolute atomic E-state index is 0.143. The highest BCUT2D eigenvalue weighted by atomic mass is 16.7. The number of amides is 2. The van der Waals surface area contributed by atoms with Crippen molar-refractivity contribution < 1.29 is 19.0 Å². The van der Waals surface area contributed by atoms with Gasteiger partial charge in [-0.2, -0.15) is 0 Å². The summed E-state index contributed by atoms with van der Waals surface area (Å²) in [7, 11) is 3.38. The quantitative estimate of drug-likeness (QED) is 0.917. The van der Waals surface area contributed by atoms with Crippen molar-refractivity contribution in [1.82, 2.24) is 10.2 Å². The first-order chi connectivity index (χ1) is 11.7. The van der Waals surface area contributed by atoms with Crippen LogP contribution in [0.15, 0.2) is 42.5 Å². The molecular weight excluding hydrogens is 308 g/mol. The standard InChI is InChI=1S/C18H20N2O4/c1-20(11-14-4-3-5-15(8-14)22-2)18(21)19-10-13-6-7-16-17(9-13)24-12-23-16/h3-9H,10-12H2,1-2H3,(H,19,21). The molecule has 0 saturated heterocycles. The highest BCUT2D eigenvalue weighted by Gasteiger charge is 2.14. The Kier molecular flexibility index (Phi) is 4.74. The molecule has 0 atom stereocenters. The van der Waals surface area contributed by atoms with Crippen LogP contribution in [0.3, 0.4) is 0 Å². The van der Waals surface area contributed by atoms with Crippen LogP contribution in [-0.2, 0) is 13.1 Å². The van der Waals surface area contributed by atoms with Gasteiger partial charge in [-0.1, -0.05) is 18.2 Å². The van der Waals surface area contributed by atoms with E-state index >= 15 is 0 Å². The van der Waals surface area contributed by atoms with Crippen molar-refractivity contribution >= 4 is 6.03 Å². The largest absolute Gasteiger partial charge is 0.497 e. The molecule has 2 amide bonds. The van der Waals surface area contributed by atoms with Gasteiger partial charge in [0.1, 0.15) is 5.75 Å². The first kappa shape index (κ1) is 16.0. The number of fused-ring (bicyclic) bond motifs is 1. The zero-order valence-corrected chi connectivity index (χ0v) is 13.7. The molecule has 0 aromatic heterocycles. The Hall–Kier alpha value is -2.89. The molecule has 0 bridgehead atoms. The lowest BCUT2D eigenvalue weighted by Crippen LogP contribution is -2.36. The van der Waals surface area contributed by atoms with E-state index < -0.39 is 0 Å². The van der Waals surface area contributed by atoms with E-state index in [9.17, 15) is 4.79 Å². The molecule has 24 heavy (non-hydrogen) atoms.